The second-order valence-electron chi connectivity index (χ2n) is 6.45. The van der Waals surface area contributed by atoms with Gasteiger partial charge in [-0.15, -0.1) is 0 Å². The Balaban J connectivity index is 1.53. The van der Waals surface area contributed by atoms with Crippen LogP contribution in [0.4, 0.5) is 0 Å². The standard InChI is InChI=1S/C12H20N4O7S/c17-10(7-1-2-7)14-15-11(18)8-3-12(5-22-6-12)9(4-13-8)16-23-24(19,20)21/h7-9,13,16H,1-6H2,(H,14,17)(H,15,18)(H,19,20,21)/t8-,9-/m0/s1. The minimum Gasteiger partial charge on any atom is -0.380 e. The molecule has 1 spiro atoms. The van der Waals surface area contributed by atoms with Crippen LogP contribution in [0.5, 0.6) is 0 Å². The number of amides is 2. The number of carbonyl (C=O) groups is 2. The highest BCUT2D eigenvalue weighted by atomic mass is 32.3. The SMILES string of the molecule is O=C(NNC(=O)[C@@H]1CC2(COC2)[C@@H](NOS(=O)(=O)O)CN1)C1CC1. The Morgan fingerprint density at radius 3 is 2.42 bits per heavy atom. The van der Waals surface area contributed by atoms with Crippen LogP contribution in [0.3, 0.4) is 0 Å². The molecular weight excluding hydrogens is 344 g/mol. The Labute approximate surface area is 138 Å². The fraction of sp³-hybridized carbons (Fsp3) is 0.833. The van der Waals surface area contributed by atoms with Crippen LogP contribution in [0.2, 0.25) is 0 Å². The van der Waals surface area contributed by atoms with E-state index in [0.717, 1.165) is 12.8 Å². The number of rotatable bonds is 5. The van der Waals surface area contributed by atoms with Gasteiger partial charge in [0.2, 0.25) is 5.91 Å². The van der Waals surface area contributed by atoms with Gasteiger partial charge in [0.1, 0.15) is 0 Å². The van der Waals surface area contributed by atoms with Gasteiger partial charge in [0, 0.05) is 17.9 Å². The topological polar surface area (TPSA) is 155 Å². The van der Waals surface area contributed by atoms with E-state index >= 15 is 0 Å². The highest BCUT2D eigenvalue weighted by Crippen LogP contribution is 2.38. The molecule has 24 heavy (non-hydrogen) atoms. The number of hydroxylamine groups is 1. The van der Waals surface area contributed by atoms with Crippen LogP contribution in [-0.4, -0.2) is 56.6 Å². The van der Waals surface area contributed by atoms with Gasteiger partial charge < -0.3 is 10.1 Å². The molecule has 0 aromatic rings. The van der Waals surface area contributed by atoms with Crippen molar-refractivity contribution in [1.29, 1.82) is 0 Å². The van der Waals surface area contributed by atoms with Gasteiger partial charge in [0.15, 0.2) is 0 Å². The summed E-state index contributed by atoms with van der Waals surface area (Å²) < 4.78 is 39.5. The Bertz CT molecular complexity index is 617. The first-order chi connectivity index (χ1) is 11.3. The van der Waals surface area contributed by atoms with Gasteiger partial charge in [-0.1, -0.05) is 0 Å². The molecule has 0 aromatic heterocycles. The van der Waals surface area contributed by atoms with Crippen LogP contribution in [0.15, 0.2) is 0 Å². The lowest BCUT2D eigenvalue weighted by atomic mass is 9.71. The van der Waals surface area contributed by atoms with Crippen molar-refractivity contribution >= 4 is 22.2 Å². The van der Waals surface area contributed by atoms with Crippen LogP contribution in [0, 0.1) is 11.3 Å². The summed E-state index contributed by atoms with van der Waals surface area (Å²) in [5, 5.41) is 2.96. The summed E-state index contributed by atoms with van der Waals surface area (Å²) in [7, 11) is -4.61. The smallest absolute Gasteiger partial charge is 0.380 e. The molecule has 2 saturated heterocycles. The minimum atomic E-state index is -4.61. The van der Waals surface area contributed by atoms with E-state index in [2.05, 4.69) is 25.9 Å². The van der Waals surface area contributed by atoms with Gasteiger partial charge in [-0.2, -0.15) is 18.2 Å². The van der Waals surface area contributed by atoms with Gasteiger partial charge >= 0.3 is 10.4 Å². The number of carbonyl (C=O) groups excluding carboxylic acids is 2. The van der Waals surface area contributed by atoms with Crippen molar-refractivity contribution in [2.75, 3.05) is 19.8 Å². The molecule has 2 atom stereocenters. The Kier molecular flexibility index (Phi) is 4.77. The summed E-state index contributed by atoms with van der Waals surface area (Å²) in [5.74, 6) is -0.575. The number of hydrogen-bond donors (Lipinski definition) is 5. The summed E-state index contributed by atoms with van der Waals surface area (Å²) in [6.45, 7) is 0.895. The summed E-state index contributed by atoms with van der Waals surface area (Å²) in [4.78, 5) is 23.7. The van der Waals surface area contributed by atoms with E-state index in [4.69, 9.17) is 9.29 Å². The quantitative estimate of drug-likeness (QED) is 0.265. The lowest BCUT2D eigenvalue weighted by Gasteiger charge is -2.51. The zero-order chi connectivity index (χ0) is 17.4. The lowest BCUT2D eigenvalue weighted by molar-refractivity contribution is -0.167. The van der Waals surface area contributed by atoms with Gasteiger partial charge in [0.25, 0.3) is 5.91 Å². The van der Waals surface area contributed by atoms with E-state index in [1.54, 1.807) is 0 Å². The maximum atomic E-state index is 12.2. The van der Waals surface area contributed by atoms with Gasteiger partial charge in [0.05, 0.1) is 25.3 Å². The fourth-order valence-electron chi connectivity index (χ4n) is 2.91. The highest BCUT2D eigenvalue weighted by molar-refractivity contribution is 7.80. The molecule has 0 radical (unpaired) electrons. The third-order valence-electron chi connectivity index (χ3n) is 4.57. The predicted molar refractivity (Wildman–Crippen MR) is 78.2 cm³/mol. The molecule has 2 amide bonds. The average Bonchev–Trinajstić information content (AvgIpc) is 3.32. The first-order valence-electron chi connectivity index (χ1n) is 7.61. The molecule has 0 bridgehead atoms. The molecule has 3 aliphatic rings. The summed E-state index contributed by atoms with van der Waals surface area (Å²) in [6, 6.07) is -1.02. The summed E-state index contributed by atoms with van der Waals surface area (Å²) >= 11 is 0. The van der Waals surface area contributed by atoms with Gasteiger partial charge in [-0.05, 0) is 19.3 Å². The van der Waals surface area contributed by atoms with Crippen molar-refractivity contribution in [1.82, 2.24) is 21.6 Å². The van der Waals surface area contributed by atoms with E-state index in [1.807, 2.05) is 0 Å². The molecule has 2 aliphatic heterocycles. The van der Waals surface area contributed by atoms with Crippen LogP contribution >= 0.6 is 0 Å². The number of hydrazine groups is 1. The van der Waals surface area contributed by atoms with Crippen molar-refractivity contribution in [3.8, 4) is 0 Å². The number of nitrogens with one attached hydrogen (secondary N) is 4. The van der Waals surface area contributed by atoms with Gasteiger partial charge in [-0.3, -0.25) is 25.0 Å². The molecule has 0 aromatic carbocycles. The third kappa shape index (κ3) is 4.02. The van der Waals surface area contributed by atoms with E-state index < -0.39 is 27.9 Å². The van der Waals surface area contributed by atoms with Crippen molar-refractivity contribution < 1.29 is 31.6 Å². The van der Waals surface area contributed by atoms with Crippen LogP contribution in [0.25, 0.3) is 0 Å². The largest absolute Gasteiger partial charge is 0.413 e. The van der Waals surface area contributed by atoms with Crippen molar-refractivity contribution in [2.45, 2.75) is 31.3 Å². The first-order valence-corrected chi connectivity index (χ1v) is 8.98. The second-order valence-corrected chi connectivity index (χ2v) is 7.48. The Morgan fingerprint density at radius 2 is 1.88 bits per heavy atom. The average molecular weight is 364 g/mol. The molecule has 3 fully saturated rings. The molecule has 5 N–H and O–H groups in total. The molecule has 3 rings (SSSR count). The van der Waals surface area contributed by atoms with E-state index in [-0.39, 0.29) is 24.3 Å². The maximum Gasteiger partial charge on any atom is 0.413 e. The normalized spacial score (nSPS) is 28.9. The zero-order valence-electron chi connectivity index (χ0n) is 12.8. The number of ether oxygens (including phenoxy) is 1. The molecule has 0 unspecified atom stereocenters. The fourth-order valence-corrected chi connectivity index (χ4v) is 3.15. The van der Waals surface area contributed by atoms with Crippen molar-refractivity contribution in [3.05, 3.63) is 0 Å². The Hall–Kier alpha value is -1.31. The molecule has 2 heterocycles. The van der Waals surface area contributed by atoms with Crippen LogP contribution in [-0.2, 0) is 29.0 Å². The first kappa shape index (κ1) is 17.5. The van der Waals surface area contributed by atoms with Crippen LogP contribution < -0.4 is 21.6 Å². The number of hydrogen-bond acceptors (Lipinski definition) is 8. The minimum absolute atomic E-state index is 0.0119. The van der Waals surface area contributed by atoms with Crippen LogP contribution in [0.1, 0.15) is 19.3 Å². The van der Waals surface area contributed by atoms with E-state index in [0.29, 0.717) is 19.6 Å². The van der Waals surface area contributed by atoms with E-state index in [1.165, 1.54) is 0 Å². The molecule has 136 valence electrons. The third-order valence-corrected chi connectivity index (χ3v) is 4.87. The Morgan fingerprint density at radius 1 is 1.21 bits per heavy atom. The molecule has 12 heteroatoms. The van der Waals surface area contributed by atoms with Crippen molar-refractivity contribution in [3.63, 3.8) is 0 Å². The van der Waals surface area contributed by atoms with E-state index in [9.17, 15) is 18.0 Å². The van der Waals surface area contributed by atoms with Crippen molar-refractivity contribution in [2.24, 2.45) is 11.3 Å². The van der Waals surface area contributed by atoms with Gasteiger partial charge in [-0.25, -0.2) is 0 Å². The highest BCUT2D eigenvalue weighted by Gasteiger charge is 2.51. The summed E-state index contributed by atoms with van der Waals surface area (Å²) in [5.41, 5.74) is 6.62. The number of piperidine rings is 1. The molecule has 1 saturated carbocycles. The summed E-state index contributed by atoms with van der Waals surface area (Å²) in [6.07, 6.45) is 2.04. The second kappa shape index (κ2) is 6.54. The molecule has 1 aliphatic carbocycles. The lowest BCUT2D eigenvalue weighted by Crippen LogP contribution is -2.69. The zero-order valence-corrected chi connectivity index (χ0v) is 13.6. The molecule has 11 nitrogen and oxygen atoms in total. The predicted octanol–water partition coefficient (Wildman–Crippen LogP) is -2.39. The molecular formula is C12H20N4O7S. The maximum absolute atomic E-state index is 12.2. The monoisotopic (exact) mass is 364 g/mol.